The van der Waals surface area contributed by atoms with Gasteiger partial charge in [-0.2, -0.15) is 0 Å². The molecule has 1 aliphatic rings. The SMILES string of the molecule is CCCCO[C@]1(C=O)CCC[C@]1(O)C=O. The Bertz CT molecular complexity index is 241. The van der Waals surface area contributed by atoms with Crippen LogP contribution in [0, 0.1) is 0 Å². The number of hydrogen-bond acceptors (Lipinski definition) is 4. The largest absolute Gasteiger partial charge is 0.379 e. The molecule has 4 heteroatoms. The number of hydrogen-bond donors (Lipinski definition) is 1. The second-order valence-corrected chi connectivity index (χ2v) is 4.11. The Morgan fingerprint density at radius 1 is 1.33 bits per heavy atom. The molecule has 86 valence electrons. The van der Waals surface area contributed by atoms with Crippen LogP contribution in [0.1, 0.15) is 39.0 Å². The van der Waals surface area contributed by atoms with E-state index in [1.54, 1.807) is 0 Å². The molecule has 0 aromatic carbocycles. The van der Waals surface area contributed by atoms with Gasteiger partial charge in [0.15, 0.2) is 23.8 Å². The van der Waals surface area contributed by atoms with Gasteiger partial charge in [-0.25, -0.2) is 0 Å². The zero-order chi connectivity index (χ0) is 11.4. The van der Waals surface area contributed by atoms with E-state index in [-0.39, 0.29) is 0 Å². The highest BCUT2D eigenvalue weighted by Crippen LogP contribution is 2.39. The maximum absolute atomic E-state index is 11.1. The molecule has 1 saturated carbocycles. The summed E-state index contributed by atoms with van der Waals surface area (Å²) in [6, 6.07) is 0. The molecule has 1 aliphatic carbocycles. The smallest absolute Gasteiger partial charge is 0.158 e. The van der Waals surface area contributed by atoms with E-state index in [4.69, 9.17) is 4.74 Å². The first-order valence-electron chi connectivity index (χ1n) is 5.43. The van der Waals surface area contributed by atoms with Crippen LogP contribution >= 0.6 is 0 Å². The van der Waals surface area contributed by atoms with Crippen molar-refractivity contribution in [3.8, 4) is 0 Å². The topological polar surface area (TPSA) is 63.6 Å². The lowest BCUT2D eigenvalue weighted by Crippen LogP contribution is -2.54. The molecule has 1 fully saturated rings. The van der Waals surface area contributed by atoms with Gasteiger partial charge in [0.05, 0.1) is 0 Å². The number of ether oxygens (including phenoxy) is 1. The summed E-state index contributed by atoms with van der Waals surface area (Å²) >= 11 is 0. The molecule has 0 unspecified atom stereocenters. The summed E-state index contributed by atoms with van der Waals surface area (Å²) in [5, 5.41) is 9.99. The van der Waals surface area contributed by atoms with Gasteiger partial charge in [0.25, 0.3) is 0 Å². The Morgan fingerprint density at radius 2 is 2.07 bits per heavy atom. The maximum Gasteiger partial charge on any atom is 0.158 e. The average Bonchev–Trinajstić information content (AvgIpc) is 2.58. The molecule has 2 atom stereocenters. The molecule has 15 heavy (non-hydrogen) atoms. The minimum Gasteiger partial charge on any atom is -0.379 e. The number of rotatable bonds is 6. The number of carbonyl (C=O) groups is 2. The molecular weight excluding hydrogens is 196 g/mol. The van der Waals surface area contributed by atoms with Crippen molar-refractivity contribution in [2.24, 2.45) is 0 Å². The van der Waals surface area contributed by atoms with Crippen LogP contribution in [0.25, 0.3) is 0 Å². The fraction of sp³-hybridized carbons (Fsp3) is 0.818. The molecule has 0 amide bonds. The molecule has 0 radical (unpaired) electrons. The summed E-state index contributed by atoms with van der Waals surface area (Å²) in [6.07, 6.45) is 4.18. The molecule has 1 N–H and O–H groups in total. The van der Waals surface area contributed by atoms with E-state index in [0.29, 0.717) is 38.4 Å². The molecule has 0 spiro atoms. The van der Waals surface area contributed by atoms with Gasteiger partial charge in [-0.3, -0.25) is 4.79 Å². The Labute approximate surface area is 89.6 Å². The van der Waals surface area contributed by atoms with Crippen LogP contribution in [-0.2, 0) is 14.3 Å². The van der Waals surface area contributed by atoms with Gasteiger partial charge in [0.1, 0.15) is 0 Å². The predicted octanol–water partition coefficient (Wildman–Crippen LogP) is 0.855. The van der Waals surface area contributed by atoms with Gasteiger partial charge < -0.3 is 14.6 Å². The van der Waals surface area contributed by atoms with Gasteiger partial charge in [-0.1, -0.05) is 13.3 Å². The van der Waals surface area contributed by atoms with Crippen molar-refractivity contribution in [1.82, 2.24) is 0 Å². The Hall–Kier alpha value is -0.740. The van der Waals surface area contributed by atoms with Crippen LogP contribution < -0.4 is 0 Å². The zero-order valence-corrected chi connectivity index (χ0v) is 9.07. The van der Waals surface area contributed by atoms with Crippen LogP contribution in [0.4, 0.5) is 0 Å². The summed E-state index contributed by atoms with van der Waals surface area (Å²) in [4.78, 5) is 21.9. The molecular formula is C11H18O4. The molecule has 0 aromatic rings. The van der Waals surface area contributed by atoms with Gasteiger partial charge in [-0.15, -0.1) is 0 Å². The molecule has 0 aliphatic heterocycles. The average molecular weight is 214 g/mol. The van der Waals surface area contributed by atoms with E-state index in [2.05, 4.69) is 0 Å². The fourth-order valence-corrected chi connectivity index (χ4v) is 2.00. The van der Waals surface area contributed by atoms with Gasteiger partial charge in [0, 0.05) is 6.61 Å². The molecule has 4 nitrogen and oxygen atoms in total. The summed E-state index contributed by atoms with van der Waals surface area (Å²) in [7, 11) is 0. The van der Waals surface area contributed by atoms with E-state index in [0.717, 1.165) is 12.8 Å². The number of aliphatic hydroxyl groups is 1. The highest BCUT2D eigenvalue weighted by Gasteiger charge is 2.55. The highest BCUT2D eigenvalue weighted by molar-refractivity contribution is 5.78. The zero-order valence-electron chi connectivity index (χ0n) is 9.07. The standard InChI is InChI=1S/C11H18O4/c1-2-3-7-15-11(9-13)6-4-5-10(11,14)8-12/h8-9,14H,2-7H2,1H3/t10-,11-/m0/s1. The first kappa shape index (κ1) is 12.3. The third-order valence-electron chi connectivity index (χ3n) is 3.08. The van der Waals surface area contributed by atoms with Crippen molar-refractivity contribution < 1.29 is 19.4 Å². The van der Waals surface area contributed by atoms with Crippen molar-refractivity contribution >= 4 is 12.6 Å². The first-order chi connectivity index (χ1) is 7.14. The third kappa shape index (κ3) is 2.11. The van der Waals surface area contributed by atoms with Gasteiger partial charge in [0.2, 0.25) is 0 Å². The predicted molar refractivity (Wildman–Crippen MR) is 54.5 cm³/mol. The minimum atomic E-state index is -1.62. The van der Waals surface area contributed by atoms with Crippen LogP contribution in [0.5, 0.6) is 0 Å². The molecule has 0 bridgehead atoms. The number of unbranched alkanes of at least 4 members (excludes halogenated alkanes) is 1. The van der Waals surface area contributed by atoms with Crippen molar-refractivity contribution in [3.05, 3.63) is 0 Å². The Kier molecular flexibility index (Phi) is 3.99. The summed E-state index contributed by atoms with van der Waals surface area (Å²) in [5.74, 6) is 0. The van der Waals surface area contributed by atoms with Crippen molar-refractivity contribution in [2.45, 2.75) is 50.2 Å². The maximum atomic E-state index is 11.1. The number of aldehydes is 2. The Balaban J connectivity index is 2.73. The number of carbonyl (C=O) groups excluding carboxylic acids is 2. The third-order valence-corrected chi connectivity index (χ3v) is 3.08. The molecule has 1 rings (SSSR count). The van der Waals surface area contributed by atoms with Crippen LogP contribution in [0.3, 0.4) is 0 Å². The fourth-order valence-electron chi connectivity index (χ4n) is 2.00. The van der Waals surface area contributed by atoms with E-state index in [1.165, 1.54) is 0 Å². The van der Waals surface area contributed by atoms with Gasteiger partial charge >= 0.3 is 0 Å². The second kappa shape index (κ2) is 4.86. The summed E-state index contributed by atoms with van der Waals surface area (Å²) in [5.41, 5.74) is -2.92. The van der Waals surface area contributed by atoms with Gasteiger partial charge in [-0.05, 0) is 25.7 Å². The van der Waals surface area contributed by atoms with Crippen LogP contribution in [0.15, 0.2) is 0 Å². The highest BCUT2D eigenvalue weighted by atomic mass is 16.5. The normalized spacial score (nSPS) is 35.3. The van der Waals surface area contributed by atoms with Crippen LogP contribution in [-0.4, -0.2) is 35.5 Å². The quantitative estimate of drug-likeness (QED) is 0.526. The van der Waals surface area contributed by atoms with E-state index in [9.17, 15) is 14.7 Å². The molecule has 0 aromatic heterocycles. The van der Waals surface area contributed by atoms with Crippen molar-refractivity contribution in [3.63, 3.8) is 0 Å². The minimum absolute atomic E-state index is 0.307. The van der Waals surface area contributed by atoms with E-state index < -0.39 is 11.2 Å². The van der Waals surface area contributed by atoms with Crippen LogP contribution in [0.2, 0.25) is 0 Å². The van der Waals surface area contributed by atoms with E-state index >= 15 is 0 Å². The molecule has 0 saturated heterocycles. The summed E-state index contributed by atoms with van der Waals surface area (Å²) < 4.78 is 5.44. The lowest BCUT2D eigenvalue weighted by Gasteiger charge is -2.33. The second-order valence-electron chi connectivity index (χ2n) is 4.11. The first-order valence-corrected chi connectivity index (χ1v) is 5.43. The van der Waals surface area contributed by atoms with Crippen molar-refractivity contribution in [2.75, 3.05) is 6.61 Å². The summed E-state index contributed by atoms with van der Waals surface area (Å²) in [6.45, 7) is 2.42. The van der Waals surface area contributed by atoms with Crippen molar-refractivity contribution in [1.29, 1.82) is 0 Å². The lowest BCUT2D eigenvalue weighted by molar-refractivity contribution is -0.172. The van der Waals surface area contributed by atoms with E-state index in [1.807, 2.05) is 6.92 Å². The lowest BCUT2D eigenvalue weighted by atomic mass is 9.88. The monoisotopic (exact) mass is 214 g/mol. The molecule has 0 heterocycles. The Morgan fingerprint density at radius 3 is 2.60 bits per heavy atom.